The largest absolute Gasteiger partial charge is 0.383 e. The molecule has 0 radical (unpaired) electrons. The van der Waals surface area contributed by atoms with Crippen LogP contribution in [0.15, 0.2) is 6.20 Å². The first-order chi connectivity index (χ1) is 7.45. The molecule has 0 unspecified atom stereocenters. The van der Waals surface area contributed by atoms with E-state index in [-0.39, 0.29) is 5.41 Å². The topological polar surface area (TPSA) is 39.1 Å². The molecule has 0 aliphatic carbocycles. The molecule has 0 saturated heterocycles. The second-order valence-electron chi connectivity index (χ2n) is 5.10. The number of nitrogens with zero attached hydrogens (tertiary/aromatic N) is 2. The third kappa shape index (κ3) is 3.61. The van der Waals surface area contributed by atoms with E-state index in [9.17, 15) is 0 Å². The lowest BCUT2D eigenvalue weighted by atomic mass is 9.89. The fourth-order valence-corrected chi connectivity index (χ4v) is 1.70. The summed E-state index contributed by atoms with van der Waals surface area (Å²) in [6, 6.07) is 0. The van der Waals surface area contributed by atoms with Gasteiger partial charge in [0, 0.05) is 44.4 Å². The highest BCUT2D eigenvalue weighted by Gasteiger charge is 2.21. The predicted molar refractivity (Wildman–Crippen MR) is 65.5 cm³/mol. The first kappa shape index (κ1) is 13.2. The summed E-state index contributed by atoms with van der Waals surface area (Å²) in [7, 11) is 3.68. The number of rotatable bonds is 5. The number of ether oxygens (including phenoxy) is 1. The van der Waals surface area contributed by atoms with E-state index in [1.807, 2.05) is 11.7 Å². The van der Waals surface area contributed by atoms with E-state index in [1.54, 1.807) is 7.11 Å². The van der Waals surface area contributed by atoms with Gasteiger partial charge in [-0.2, -0.15) is 5.10 Å². The fourth-order valence-electron chi connectivity index (χ4n) is 1.70. The molecule has 92 valence electrons. The van der Waals surface area contributed by atoms with Crippen molar-refractivity contribution >= 4 is 0 Å². The second-order valence-corrected chi connectivity index (χ2v) is 5.10. The third-order valence-corrected chi connectivity index (χ3v) is 2.41. The van der Waals surface area contributed by atoms with Crippen molar-refractivity contribution < 1.29 is 4.74 Å². The maximum absolute atomic E-state index is 5.00. The predicted octanol–water partition coefficient (Wildman–Crippen LogP) is 1.45. The molecule has 4 nitrogen and oxygen atoms in total. The Hall–Kier alpha value is -0.870. The van der Waals surface area contributed by atoms with Crippen LogP contribution in [0, 0.1) is 0 Å². The van der Waals surface area contributed by atoms with Gasteiger partial charge in [-0.3, -0.25) is 4.68 Å². The van der Waals surface area contributed by atoms with Gasteiger partial charge in [0.1, 0.15) is 0 Å². The quantitative estimate of drug-likeness (QED) is 0.771. The Morgan fingerprint density at radius 2 is 2.12 bits per heavy atom. The van der Waals surface area contributed by atoms with E-state index in [0.717, 1.165) is 19.7 Å². The smallest absolute Gasteiger partial charge is 0.0722 e. The van der Waals surface area contributed by atoms with Gasteiger partial charge in [-0.15, -0.1) is 0 Å². The molecular formula is C12H23N3O. The number of aromatic nitrogens is 2. The van der Waals surface area contributed by atoms with Crippen LogP contribution < -0.4 is 5.32 Å². The van der Waals surface area contributed by atoms with Gasteiger partial charge in [0.15, 0.2) is 0 Å². The van der Waals surface area contributed by atoms with Crippen molar-refractivity contribution in [3.63, 3.8) is 0 Å². The van der Waals surface area contributed by atoms with Crippen LogP contribution in [0.4, 0.5) is 0 Å². The third-order valence-electron chi connectivity index (χ3n) is 2.41. The van der Waals surface area contributed by atoms with E-state index in [2.05, 4.69) is 37.4 Å². The zero-order chi connectivity index (χ0) is 12.2. The maximum Gasteiger partial charge on any atom is 0.0722 e. The number of aryl methyl sites for hydroxylation is 1. The number of hydrogen-bond acceptors (Lipinski definition) is 3. The summed E-state index contributed by atoms with van der Waals surface area (Å²) in [4.78, 5) is 0. The van der Waals surface area contributed by atoms with Crippen LogP contribution in [0.3, 0.4) is 0 Å². The minimum absolute atomic E-state index is 0.0968. The molecule has 0 amide bonds. The van der Waals surface area contributed by atoms with Crippen LogP contribution in [0.25, 0.3) is 0 Å². The Morgan fingerprint density at radius 1 is 1.44 bits per heavy atom. The zero-order valence-corrected chi connectivity index (χ0v) is 11.0. The molecule has 0 aliphatic heterocycles. The lowest BCUT2D eigenvalue weighted by Gasteiger charge is -2.17. The Bertz CT molecular complexity index is 325. The molecule has 0 fully saturated rings. The maximum atomic E-state index is 5.00. The molecule has 0 aliphatic rings. The van der Waals surface area contributed by atoms with Crippen molar-refractivity contribution in [2.24, 2.45) is 7.05 Å². The van der Waals surface area contributed by atoms with E-state index < -0.39 is 0 Å². The summed E-state index contributed by atoms with van der Waals surface area (Å²) in [5, 5.41) is 7.88. The highest BCUT2D eigenvalue weighted by molar-refractivity contribution is 5.23. The standard InChI is InChI=1S/C12H23N3O/c1-12(2,3)11-10(9-15(4)14-11)8-13-6-7-16-5/h9,13H,6-8H2,1-5H3. The van der Waals surface area contributed by atoms with Crippen molar-refractivity contribution in [2.45, 2.75) is 32.7 Å². The summed E-state index contributed by atoms with van der Waals surface area (Å²) in [5.74, 6) is 0. The normalized spacial score (nSPS) is 12.1. The molecule has 0 aromatic carbocycles. The van der Waals surface area contributed by atoms with Crippen LogP contribution in [0.2, 0.25) is 0 Å². The van der Waals surface area contributed by atoms with Crippen molar-refractivity contribution in [2.75, 3.05) is 20.3 Å². The Morgan fingerprint density at radius 3 is 2.69 bits per heavy atom. The average molecular weight is 225 g/mol. The summed E-state index contributed by atoms with van der Waals surface area (Å²) in [6.45, 7) is 9.03. The van der Waals surface area contributed by atoms with Gasteiger partial charge in [0.05, 0.1) is 12.3 Å². The summed E-state index contributed by atoms with van der Waals surface area (Å²) in [6.07, 6.45) is 2.08. The van der Waals surface area contributed by atoms with Gasteiger partial charge < -0.3 is 10.1 Å². The molecule has 1 aromatic heterocycles. The SMILES string of the molecule is COCCNCc1cn(C)nc1C(C)(C)C. The van der Waals surface area contributed by atoms with E-state index >= 15 is 0 Å². The van der Waals surface area contributed by atoms with E-state index in [1.165, 1.54) is 11.3 Å². The Labute approximate surface area is 98.0 Å². The number of hydrogen-bond donors (Lipinski definition) is 1. The minimum atomic E-state index is 0.0968. The number of nitrogens with one attached hydrogen (secondary N) is 1. The van der Waals surface area contributed by atoms with Gasteiger partial charge in [-0.1, -0.05) is 20.8 Å². The van der Waals surface area contributed by atoms with Crippen molar-refractivity contribution in [1.82, 2.24) is 15.1 Å². The molecule has 0 saturated carbocycles. The molecular weight excluding hydrogens is 202 g/mol. The second kappa shape index (κ2) is 5.46. The molecule has 0 bridgehead atoms. The van der Waals surface area contributed by atoms with Crippen LogP contribution in [0.5, 0.6) is 0 Å². The van der Waals surface area contributed by atoms with Gasteiger partial charge in [-0.05, 0) is 0 Å². The lowest BCUT2D eigenvalue weighted by molar-refractivity contribution is 0.199. The first-order valence-electron chi connectivity index (χ1n) is 5.68. The first-order valence-corrected chi connectivity index (χ1v) is 5.68. The van der Waals surface area contributed by atoms with Crippen molar-refractivity contribution in [3.8, 4) is 0 Å². The molecule has 0 atom stereocenters. The van der Waals surface area contributed by atoms with E-state index in [0.29, 0.717) is 0 Å². The average Bonchev–Trinajstić information content (AvgIpc) is 2.54. The Balaban J connectivity index is 2.65. The molecule has 1 rings (SSSR count). The van der Waals surface area contributed by atoms with Gasteiger partial charge in [0.25, 0.3) is 0 Å². The monoisotopic (exact) mass is 225 g/mol. The highest BCUT2D eigenvalue weighted by atomic mass is 16.5. The lowest BCUT2D eigenvalue weighted by Crippen LogP contribution is -2.21. The molecule has 1 N–H and O–H groups in total. The molecule has 0 spiro atoms. The van der Waals surface area contributed by atoms with Crippen LogP contribution in [-0.4, -0.2) is 30.0 Å². The summed E-state index contributed by atoms with van der Waals surface area (Å²) >= 11 is 0. The van der Waals surface area contributed by atoms with Gasteiger partial charge in [-0.25, -0.2) is 0 Å². The number of methoxy groups -OCH3 is 1. The highest BCUT2D eigenvalue weighted by Crippen LogP contribution is 2.23. The summed E-state index contributed by atoms with van der Waals surface area (Å²) in [5.41, 5.74) is 2.53. The van der Waals surface area contributed by atoms with Crippen LogP contribution in [0.1, 0.15) is 32.0 Å². The van der Waals surface area contributed by atoms with Crippen molar-refractivity contribution in [1.29, 1.82) is 0 Å². The summed E-state index contributed by atoms with van der Waals surface area (Å²) < 4.78 is 6.88. The van der Waals surface area contributed by atoms with Gasteiger partial charge in [0.2, 0.25) is 0 Å². The van der Waals surface area contributed by atoms with E-state index in [4.69, 9.17) is 4.74 Å². The van der Waals surface area contributed by atoms with Crippen LogP contribution >= 0.6 is 0 Å². The molecule has 1 aromatic rings. The molecule has 4 heteroatoms. The Kier molecular flexibility index (Phi) is 4.50. The van der Waals surface area contributed by atoms with Gasteiger partial charge >= 0.3 is 0 Å². The van der Waals surface area contributed by atoms with Crippen LogP contribution in [-0.2, 0) is 23.7 Å². The molecule has 1 heterocycles. The fraction of sp³-hybridized carbons (Fsp3) is 0.750. The zero-order valence-electron chi connectivity index (χ0n) is 11.0. The minimum Gasteiger partial charge on any atom is -0.383 e. The van der Waals surface area contributed by atoms with Crippen molar-refractivity contribution in [3.05, 3.63) is 17.5 Å². The molecule has 16 heavy (non-hydrogen) atoms.